The second-order valence-corrected chi connectivity index (χ2v) is 8.52. The van der Waals surface area contributed by atoms with Crippen LogP contribution in [0, 0.1) is 0 Å². The molecule has 0 aliphatic heterocycles. The van der Waals surface area contributed by atoms with Crippen molar-refractivity contribution in [1.82, 2.24) is 19.8 Å². The van der Waals surface area contributed by atoms with Gasteiger partial charge in [0, 0.05) is 5.69 Å². The van der Waals surface area contributed by atoms with Crippen LogP contribution >= 0.6 is 23.1 Å². The van der Waals surface area contributed by atoms with Crippen molar-refractivity contribution in [3.63, 3.8) is 0 Å². The molecule has 1 N–H and O–H groups in total. The van der Waals surface area contributed by atoms with Crippen molar-refractivity contribution in [2.75, 3.05) is 11.1 Å². The number of hydrogen-bond acceptors (Lipinski definition) is 6. The number of anilines is 1. The highest BCUT2D eigenvalue weighted by molar-refractivity contribution is 7.99. The van der Waals surface area contributed by atoms with E-state index in [-0.39, 0.29) is 11.7 Å². The van der Waals surface area contributed by atoms with Crippen LogP contribution in [0.1, 0.15) is 25.3 Å². The quantitative estimate of drug-likeness (QED) is 0.407. The topological polar surface area (TPSA) is 72.2 Å². The van der Waals surface area contributed by atoms with Gasteiger partial charge in [-0.15, -0.1) is 21.5 Å². The first-order valence-electron chi connectivity index (χ1n) is 9.51. The summed E-state index contributed by atoms with van der Waals surface area (Å²) < 4.78 is 1.72. The Morgan fingerprint density at radius 2 is 2.00 bits per heavy atom. The number of unbranched alkanes of at least 4 members (excludes halogenated alkanes) is 1. The number of nitrogens with zero attached hydrogens (tertiary/aromatic N) is 4. The van der Waals surface area contributed by atoms with E-state index in [0.717, 1.165) is 22.0 Å². The van der Waals surface area contributed by atoms with Gasteiger partial charge in [0.15, 0.2) is 11.5 Å². The van der Waals surface area contributed by atoms with Gasteiger partial charge in [-0.05, 0) is 54.1 Å². The SMILES string of the molecule is CCCCc1ccc(NC(=O)CSc2ccc3nnc(-c4cccs4)n3n2)cc1. The molecule has 4 aromatic rings. The molecule has 1 aromatic carbocycles. The number of fused-ring (bicyclic) bond motifs is 1. The largest absolute Gasteiger partial charge is 0.325 e. The van der Waals surface area contributed by atoms with Crippen LogP contribution in [0.4, 0.5) is 5.69 Å². The van der Waals surface area contributed by atoms with E-state index >= 15 is 0 Å². The minimum Gasteiger partial charge on any atom is -0.325 e. The second kappa shape index (κ2) is 9.19. The molecule has 0 unspecified atom stereocenters. The predicted molar refractivity (Wildman–Crippen MR) is 119 cm³/mol. The number of nitrogens with one attached hydrogen (secondary N) is 1. The fourth-order valence-electron chi connectivity index (χ4n) is 2.88. The van der Waals surface area contributed by atoms with Crippen LogP contribution < -0.4 is 5.32 Å². The van der Waals surface area contributed by atoms with Gasteiger partial charge in [0.1, 0.15) is 5.03 Å². The summed E-state index contributed by atoms with van der Waals surface area (Å²) >= 11 is 2.98. The number of rotatable bonds is 8. The lowest BCUT2D eigenvalue weighted by Gasteiger charge is -2.07. The maximum absolute atomic E-state index is 12.3. The number of amides is 1. The summed E-state index contributed by atoms with van der Waals surface area (Å²) in [5.74, 6) is 0.942. The number of benzene rings is 1. The van der Waals surface area contributed by atoms with Gasteiger partial charge in [-0.25, -0.2) is 0 Å². The molecule has 6 nitrogen and oxygen atoms in total. The highest BCUT2D eigenvalue weighted by Gasteiger charge is 2.12. The Hall–Kier alpha value is -2.71. The lowest BCUT2D eigenvalue weighted by molar-refractivity contribution is -0.113. The highest BCUT2D eigenvalue weighted by Crippen LogP contribution is 2.24. The Bertz CT molecular complexity index is 1090. The van der Waals surface area contributed by atoms with Crippen molar-refractivity contribution in [3.05, 3.63) is 59.5 Å². The van der Waals surface area contributed by atoms with E-state index in [1.807, 2.05) is 41.8 Å². The third kappa shape index (κ3) is 4.83. The van der Waals surface area contributed by atoms with Crippen molar-refractivity contribution in [2.24, 2.45) is 0 Å². The molecule has 148 valence electrons. The predicted octanol–water partition coefficient (Wildman–Crippen LogP) is 4.93. The van der Waals surface area contributed by atoms with E-state index in [2.05, 4.69) is 39.7 Å². The average Bonchev–Trinajstić information content (AvgIpc) is 3.41. The summed E-state index contributed by atoms with van der Waals surface area (Å²) in [6, 6.07) is 15.8. The summed E-state index contributed by atoms with van der Waals surface area (Å²) in [7, 11) is 0. The smallest absolute Gasteiger partial charge is 0.234 e. The molecule has 29 heavy (non-hydrogen) atoms. The third-order valence-corrected chi connectivity index (χ3v) is 6.17. The molecule has 0 bridgehead atoms. The van der Waals surface area contributed by atoms with Gasteiger partial charge < -0.3 is 5.32 Å². The molecule has 1 amide bonds. The van der Waals surface area contributed by atoms with Crippen molar-refractivity contribution in [3.8, 4) is 10.7 Å². The Labute approximate surface area is 177 Å². The van der Waals surface area contributed by atoms with Gasteiger partial charge >= 0.3 is 0 Å². The Morgan fingerprint density at radius 3 is 2.76 bits per heavy atom. The number of aryl methyl sites for hydroxylation is 1. The number of thioether (sulfide) groups is 1. The van der Waals surface area contributed by atoms with E-state index in [1.54, 1.807) is 15.9 Å². The van der Waals surface area contributed by atoms with Crippen LogP contribution in [0.25, 0.3) is 16.3 Å². The third-order valence-electron chi connectivity index (χ3n) is 4.39. The van der Waals surface area contributed by atoms with Gasteiger partial charge in [-0.2, -0.15) is 9.61 Å². The lowest BCUT2D eigenvalue weighted by atomic mass is 10.1. The van der Waals surface area contributed by atoms with Crippen LogP contribution in [0.2, 0.25) is 0 Å². The minimum absolute atomic E-state index is 0.0551. The Kier molecular flexibility index (Phi) is 6.21. The van der Waals surface area contributed by atoms with Gasteiger partial charge in [0.25, 0.3) is 0 Å². The zero-order valence-electron chi connectivity index (χ0n) is 16.0. The maximum Gasteiger partial charge on any atom is 0.234 e. The number of thiophene rings is 1. The molecular weight excluding hydrogens is 402 g/mol. The Balaban J connectivity index is 1.37. The van der Waals surface area contributed by atoms with E-state index in [4.69, 9.17) is 0 Å². The lowest BCUT2D eigenvalue weighted by Crippen LogP contribution is -2.14. The van der Waals surface area contributed by atoms with Gasteiger partial charge in [0.2, 0.25) is 5.91 Å². The first-order valence-corrected chi connectivity index (χ1v) is 11.4. The zero-order chi connectivity index (χ0) is 20.1. The second-order valence-electron chi connectivity index (χ2n) is 6.58. The average molecular weight is 424 g/mol. The van der Waals surface area contributed by atoms with Crippen molar-refractivity contribution in [2.45, 2.75) is 31.2 Å². The van der Waals surface area contributed by atoms with E-state index in [1.165, 1.54) is 30.2 Å². The zero-order valence-corrected chi connectivity index (χ0v) is 17.7. The monoisotopic (exact) mass is 423 g/mol. The van der Waals surface area contributed by atoms with Crippen molar-refractivity contribution in [1.29, 1.82) is 0 Å². The molecule has 8 heteroatoms. The molecule has 0 saturated carbocycles. The number of aromatic nitrogens is 4. The summed E-state index contributed by atoms with van der Waals surface area (Å²) in [6.07, 6.45) is 3.44. The van der Waals surface area contributed by atoms with Crippen LogP contribution in [0.15, 0.2) is 58.9 Å². The molecule has 0 atom stereocenters. The van der Waals surface area contributed by atoms with E-state index in [0.29, 0.717) is 11.5 Å². The standard InChI is InChI=1S/C21H21N5OS2/c1-2-3-5-15-7-9-16(10-8-15)22-19(27)14-29-20-12-11-18-23-24-21(26(18)25-20)17-6-4-13-28-17/h4,6-13H,2-3,5,14H2,1H3,(H,22,27). The van der Waals surface area contributed by atoms with E-state index in [9.17, 15) is 4.79 Å². The molecule has 0 aliphatic carbocycles. The van der Waals surface area contributed by atoms with Crippen LogP contribution in [0.5, 0.6) is 0 Å². The van der Waals surface area contributed by atoms with Gasteiger partial charge in [-0.1, -0.05) is 43.3 Å². The number of hydrogen-bond donors (Lipinski definition) is 1. The first kappa shape index (κ1) is 19.6. The Morgan fingerprint density at radius 1 is 1.14 bits per heavy atom. The van der Waals surface area contributed by atoms with Gasteiger partial charge in [-0.3, -0.25) is 4.79 Å². The fraction of sp³-hybridized carbons (Fsp3) is 0.238. The molecule has 0 aliphatic rings. The minimum atomic E-state index is -0.0551. The number of carbonyl (C=O) groups is 1. The fourth-order valence-corrected chi connectivity index (χ4v) is 4.23. The summed E-state index contributed by atoms with van der Waals surface area (Å²) in [6.45, 7) is 2.19. The normalized spacial score (nSPS) is 11.1. The molecule has 4 rings (SSSR count). The van der Waals surface area contributed by atoms with Crippen LogP contribution in [-0.4, -0.2) is 31.5 Å². The first-order chi connectivity index (χ1) is 14.2. The van der Waals surface area contributed by atoms with Gasteiger partial charge in [0.05, 0.1) is 10.6 Å². The van der Waals surface area contributed by atoms with Crippen molar-refractivity contribution < 1.29 is 4.79 Å². The van der Waals surface area contributed by atoms with Crippen LogP contribution in [0.3, 0.4) is 0 Å². The molecule has 0 radical (unpaired) electrons. The molecular formula is C21H21N5OS2. The molecule has 0 fully saturated rings. The summed E-state index contributed by atoms with van der Waals surface area (Å²) in [4.78, 5) is 13.3. The summed E-state index contributed by atoms with van der Waals surface area (Å²) in [5.41, 5.74) is 2.80. The number of carbonyl (C=O) groups excluding carboxylic acids is 1. The molecule has 3 heterocycles. The molecule has 0 saturated heterocycles. The van der Waals surface area contributed by atoms with E-state index < -0.39 is 0 Å². The summed E-state index contributed by atoms with van der Waals surface area (Å²) in [5, 5.41) is 18.7. The highest BCUT2D eigenvalue weighted by atomic mass is 32.2. The molecule has 3 aromatic heterocycles. The maximum atomic E-state index is 12.3. The van der Waals surface area contributed by atoms with Crippen molar-refractivity contribution >= 4 is 40.3 Å². The van der Waals surface area contributed by atoms with Crippen LogP contribution in [-0.2, 0) is 11.2 Å². The molecule has 0 spiro atoms.